The van der Waals surface area contributed by atoms with Crippen molar-refractivity contribution < 1.29 is 4.79 Å². The smallest absolute Gasteiger partial charge is 0.317 e. The first kappa shape index (κ1) is 15.4. The molecule has 3 atom stereocenters. The summed E-state index contributed by atoms with van der Waals surface area (Å²) in [5.74, 6) is 1.35. The van der Waals surface area contributed by atoms with Gasteiger partial charge in [0.2, 0.25) is 0 Å². The fourth-order valence-electron chi connectivity index (χ4n) is 4.31. The summed E-state index contributed by atoms with van der Waals surface area (Å²) in [5.41, 5.74) is 2.21. The summed E-state index contributed by atoms with van der Waals surface area (Å²) in [4.78, 5) is 14.7. The van der Waals surface area contributed by atoms with Crippen LogP contribution in [0.15, 0.2) is 6.20 Å². The number of rotatable bonds is 3. The van der Waals surface area contributed by atoms with Crippen LogP contribution < -0.4 is 5.32 Å². The van der Waals surface area contributed by atoms with E-state index in [9.17, 15) is 4.79 Å². The molecule has 1 aromatic rings. The lowest BCUT2D eigenvalue weighted by molar-refractivity contribution is 0.168. The maximum Gasteiger partial charge on any atom is 0.317 e. The fraction of sp³-hybridized carbons (Fsp3) is 0.765. The van der Waals surface area contributed by atoms with Crippen molar-refractivity contribution in [1.29, 1.82) is 0 Å². The van der Waals surface area contributed by atoms with Gasteiger partial charge in [-0.15, -0.1) is 0 Å². The molecule has 2 fully saturated rings. The van der Waals surface area contributed by atoms with Gasteiger partial charge >= 0.3 is 6.03 Å². The Labute approximate surface area is 133 Å². The molecule has 0 bridgehead atoms. The van der Waals surface area contributed by atoms with E-state index in [-0.39, 0.29) is 6.03 Å². The van der Waals surface area contributed by atoms with Gasteiger partial charge in [-0.2, -0.15) is 5.10 Å². The summed E-state index contributed by atoms with van der Waals surface area (Å²) >= 11 is 0. The summed E-state index contributed by atoms with van der Waals surface area (Å²) < 4.78 is 1.83. The number of carbonyl (C=O) groups excluding carboxylic acids is 1. The van der Waals surface area contributed by atoms with E-state index in [2.05, 4.69) is 29.2 Å². The highest BCUT2D eigenvalue weighted by molar-refractivity contribution is 5.75. The molecule has 0 spiro atoms. The largest absolute Gasteiger partial charge is 0.334 e. The van der Waals surface area contributed by atoms with E-state index in [0.717, 1.165) is 24.2 Å². The third kappa shape index (κ3) is 2.85. The van der Waals surface area contributed by atoms with E-state index in [0.29, 0.717) is 24.4 Å². The van der Waals surface area contributed by atoms with Crippen molar-refractivity contribution in [2.24, 2.45) is 18.9 Å². The van der Waals surface area contributed by atoms with Crippen LogP contribution in [-0.2, 0) is 20.0 Å². The van der Waals surface area contributed by atoms with Gasteiger partial charge in [0.1, 0.15) is 0 Å². The number of amides is 2. The lowest BCUT2D eigenvalue weighted by Crippen LogP contribution is -2.44. The van der Waals surface area contributed by atoms with Crippen LogP contribution in [0.4, 0.5) is 4.79 Å². The lowest BCUT2D eigenvalue weighted by Gasteiger charge is -2.32. The molecule has 1 N–H and O–H groups in total. The predicted molar refractivity (Wildman–Crippen MR) is 86.4 cm³/mol. The van der Waals surface area contributed by atoms with E-state index < -0.39 is 0 Å². The Bertz CT molecular complexity index is 539. The molecule has 122 valence electrons. The van der Waals surface area contributed by atoms with Crippen molar-refractivity contribution in [3.8, 4) is 0 Å². The third-order valence-electron chi connectivity index (χ3n) is 5.42. The molecule has 5 nitrogen and oxygen atoms in total. The lowest BCUT2D eigenvalue weighted by atomic mass is 9.80. The zero-order valence-corrected chi connectivity index (χ0v) is 14.0. The van der Waals surface area contributed by atoms with Gasteiger partial charge in [0.15, 0.2) is 0 Å². The van der Waals surface area contributed by atoms with Crippen LogP contribution >= 0.6 is 0 Å². The number of aryl methyl sites for hydroxylation is 2. The zero-order valence-electron chi connectivity index (χ0n) is 14.0. The number of carbonyl (C=O) groups is 1. The molecule has 1 aliphatic heterocycles. The van der Waals surface area contributed by atoms with Crippen molar-refractivity contribution in [3.63, 3.8) is 0 Å². The SMILES string of the molecule is CCc1nn(C)cc1CNC(=O)N1C[C@H](C)[C@H]2CCCC[C@H]21. The van der Waals surface area contributed by atoms with Crippen LogP contribution in [0.25, 0.3) is 0 Å². The first-order valence-electron chi connectivity index (χ1n) is 8.66. The van der Waals surface area contributed by atoms with Gasteiger partial charge in [0.25, 0.3) is 0 Å². The Morgan fingerprint density at radius 1 is 1.41 bits per heavy atom. The minimum atomic E-state index is 0.104. The topological polar surface area (TPSA) is 50.2 Å². The van der Waals surface area contributed by atoms with Crippen LogP contribution in [0.1, 0.15) is 50.8 Å². The van der Waals surface area contributed by atoms with Gasteiger partial charge in [-0.05, 0) is 31.1 Å². The number of fused-ring (bicyclic) bond motifs is 1. The molecular weight excluding hydrogens is 276 g/mol. The Balaban J connectivity index is 1.62. The average Bonchev–Trinajstić information content (AvgIpc) is 3.05. The number of likely N-dealkylation sites (tertiary alicyclic amines) is 1. The standard InChI is InChI=1S/C17H28N4O/c1-4-15-13(11-20(3)19-15)9-18-17(22)21-10-12(2)14-7-5-6-8-16(14)21/h11-12,14,16H,4-10H2,1-3H3,(H,18,22)/t12-,14+,16+/m0/s1. The number of urea groups is 1. The first-order chi connectivity index (χ1) is 10.6. The summed E-state index contributed by atoms with van der Waals surface area (Å²) in [6, 6.07) is 0.565. The van der Waals surface area contributed by atoms with Gasteiger partial charge in [-0.1, -0.05) is 26.7 Å². The highest BCUT2D eigenvalue weighted by Crippen LogP contribution is 2.39. The van der Waals surface area contributed by atoms with Crippen LogP contribution in [0.5, 0.6) is 0 Å². The van der Waals surface area contributed by atoms with Crippen LogP contribution in [-0.4, -0.2) is 33.3 Å². The van der Waals surface area contributed by atoms with Crippen molar-refractivity contribution in [3.05, 3.63) is 17.5 Å². The number of nitrogens with one attached hydrogen (secondary N) is 1. The second kappa shape index (κ2) is 6.31. The molecule has 1 saturated heterocycles. The molecule has 2 aliphatic rings. The molecule has 0 aromatic carbocycles. The van der Waals surface area contributed by atoms with Crippen molar-refractivity contribution in [2.45, 2.75) is 58.5 Å². The monoisotopic (exact) mass is 304 g/mol. The molecule has 0 radical (unpaired) electrons. The third-order valence-corrected chi connectivity index (χ3v) is 5.42. The second-order valence-corrected chi connectivity index (χ2v) is 6.93. The molecular formula is C17H28N4O. The van der Waals surface area contributed by atoms with Gasteiger partial charge < -0.3 is 10.2 Å². The second-order valence-electron chi connectivity index (χ2n) is 6.93. The highest BCUT2D eigenvalue weighted by Gasteiger charge is 2.42. The van der Waals surface area contributed by atoms with Crippen LogP contribution in [0.3, 0.4) is 0 Å². The van der Waals surface area contributed by atoms with Crippen LogP contribution in [0, 0.1) is 11.8 Å². The van der Waals surface area contributed by atoms with E-state index in [4.69, 9.17) is 0 Å². The summed E-state index contributed by atoms with van der Waals surface area (Å²) in [7, 11) is 1.93. The Morgan fingerprint density at radius 2 is 2.18 bits per heavy atom. The van der Waals surface area contributed by atoms with Crippen molar-refractivity contribution in [1.82, 2.24) is 20.0 Å². The molecule has 3 rings (SSSR count). The maximum absolute atomic E-state index is 12.6. The normalized spacial score (nSPS) is 27.8. The minimum absolute atomic E-state index is 0.104. The molecule has 1 aromatic heterocycles. The van der Waals surface area contributed by atoms with E-state index in [1.54, 1.807) is 0 Å². The van der Waals surface area contributed by atoms with Gasteiger partial charge in [-0.3, -0.25) is 4.68 Å². The maximum atomic E-state index is 12.6. The molecule has 5 heteroatoms. The zero-order chi connectivity index (χ0) is 15.7. The molecule has 0 unspecified atom stereocenters. The molecule has 22 heavy (non-hydrogen) atoms. The van der Waals surface area contributed by atoms with Gasteiger partial charge in [-0.25, -0.2) is 4.79 Å². The van der Waals surface area contributed by atoms with Gasteiger partial charge in [0, 0.05) is 37.9 Å². The Kier molecular flexibility index (Phi) is 4.41. The number of hydrogen-bond acceptors (Lipinski definition) is 2. The van der Waals surface area contributed by atoms with Gasteiger partial charge in [0.05, 0.1) is 5.69 Å². The van der Waals surface area contributed by atoms with Crippen molar-refractivity contribution in [2.75, 3.05) is 6.54 Å². The summed E-state index contributed by atoms with van der Waals surface area (Å²) in [5, 5.41) is 7.55. The van der Waals surface area contributed by atoms with E-state index in [1.165, 1.54) is 25.7 Å². The van der Waals surface area contributed by atoms with Crippen LogP contribution in [0.2, 0.25) is 0 Å². The summed E-state index contributed by atoms with van der Waals surface area (Å²) in [6.07, 6.45) is 7.97. The fourth-order valence-corrected chi connectivity index (χ4v) is 4.31. The quantitative estimate of drug-likeness (QED) is 0.933. The average molecular weight is 304 g/mol. The predicted octanol–water partition coefficient (Wildman–Crippen LogP) is 2.70. The first-order valence-corrected chi connectivity index (χ1v) is 8.66. The van der Waals surface area contributed by atoms with Crippen molar-refractivity contribution >= 4 is 6.03 Å². The van der Waals surface area contributed by atoms with E-state index >= 15 is 0 Å². The molecule has 2 heterocycles. The number of hydrogen-bond donors (Lipinski definition) is 1. The Hall–Kier alpha value is -1.52. The summed E-state index contributed by atoms with van der Waals surface area (Å²) in [6.45, 7) is 5.89. The number of nitrogens with zero attached hydrogens (tertiary/aromatic N) is 3. The molecule has 2 amide bonds. The van der Waals surface area contributed by atoms with E-state index in [1.807, 2.05) is 17.9 Å². The number of aromatic nitrogens is 2. The minimum Gasteiger partial charge on any atom is -0.334 e. The molecule has 1 aliphatic carbocycles. The highest BCUT2D eigenvalue weighted by atomic mass is 16.2. The Morgan fingerprint density at radius 3 is 2.95 bits per heavy atom. The molecule has 1 saturated carbocycles.